The van der Waals surface area contributed by atoms with Crippen molar-refractivity contribution in [3.05, 3.63) is 42.0 Å². The second kappa shape index (κ2) is 5.22. The lowest BCUT2D eigenvalue weighted by Crippen LogP contribution is -2.24. The molecule has 2 aromatic heterocycles. The van der Waals surface area contributed by atoms with E-state index in [0.717, 1.165) is 16.6 Å². The monoisotopic (exact) mass is 319 g/mol. The first kappa shape index (κ1) is 14.7. The van der Waals surface area contributed by atoms with Gasteiger partial charge in [0.25, 0.3) is 0 Å². The minimum atomic E-state index is -3.59. The first-order valence-corrected chi connectivity index (χ1v) is 8.26. The van der Waals surface area contributed by atoms with Gasteiger partial charge >= 0.3 is 0 Å². The number of hydrogen-bond acceptors (Lipinski definition) is 4. The van der Waals surface area contributed by atoms with Crippen LogP contribution in [0.15, 0.2) is 35.5 Å². The quantitative estimate of drug-likeness (QED) is 0.780. The minimum Gasteiger partial charge on any atom is -0.330 e. The zero-order chi connectivity index (χ0) is 15.9. The van der Waals surface area contributed by atoms with Gasteiger partial charge in [-0.25, -0.2) is 18.1 Å². The van der Waals surface area contributed by atoms with Crippen LogP contribution in [0.1, 0.15) is 11.4 Å². The van der Waals surface area contributed by atoms with Crippen molar-refractivity contribution in [3.8, 4) is 0 Å². The Balaban J connectivity index is 1.88. The molecule has 0 aliphatic rings. The Kier molecular flexibility index (Phi) is 3.50. The van der Waals surface area contributed by atoms with E-state index in [4.69, 9.17) is 0 Å². The number of benzene rings is 1. The van der Waals surface area contributed by atoms with Crippen LogP contribution >= 0.6 is 0 Å². The van der Waals surface area contributed by atoms with Gasteiger partial charge in [0, 0.05) is 20.3 Å². The van der Waals surface area contributed by atoms with Crippen LogP contribution in [0.3, 0.4) is 0 Å². The number of hydrogen-bond donors (Lipinski definition) is 1. The highest BCUT2D eigenvalue weighted by Gasteiger charge is 2.17. The first-order chi connectivity index (χ1) is 10.4. The normalized spacial score (nSPS) is 12.1. The average Bonchev–Trinajstić information content (AvgIpc) is 3.02. The molecule has 0 spiro atoms. The zero-order valence-electron chi connectivity index (χ0n) is 12.6. The molecule has 0 radical (unpaired) electrons. The number of para-hydroxylation sites is 1. The van der Waals surface area contributed by atoms with E-state index in [1.54, 1.807) is 7.05 Å². The largest absolute Gasteiger partial charge is 0.330 e. The van der Waals surface area contributed by atoms with Crippen molar-refractivity contribution >= 4 is 21.1 Å². The van der Waals surface area contributed by atoms with Crippen molar-refractivity contribution in [2.24, 2.45) is 14.1 Å². The highest BCUT2D eigenvalue weighted by atomic mass is 32.2. The molecule has 2 heterocycles. The van der Waals surface area contributed by atoms with E-state index in [9.17, 15) is 8.42 Å². The van der Waals surface area contributed by atoms with E-state index in [-0.39, 0.29) is 11.4 Å². The van der Waals surface area contributed by atoms with Crippen LogP contribution in [-0.2, 0) is 30.7 Å². The predicted octanol–water partition coefficient (Wildman–Crippen LogP) is 1.09. The fraction of sp³-hybridized carbons (Fsp3) is 0.286. The Morgan fingerprint density at radius 1 is 1.27 bits per heavy atom. The Morgan fingerprint density at radius 2 is 2.05 bits per heavy atom. The molecular weight excluding hydrogens is 302 g/mol. The van der Waals surface area contributed by atoms with Gasteiger partial charge in [-0.2, -0.15) is 5.10 Å². The van der Waals surface area contributed by atoms with Gasteiger partial charge in [-0.3, -0.25) is 4.68 Å². The van der Waals surface area contributed by atoms with E-state index in [1.807, 2.05) is 36.7 Å². The number of aromatic nitrogens is 4. The summed E-state index contributed by atoms with van der Waals surface area (Å²) in [5.41, 5.74) is 2.98. The third-order valence-electron chi connectivity index (χ3n) is 3.60. The van der Waals surface area contributed by atoms with Crippen molar-refractivity contribution in [1.29, 1.82) is 0 Å². The maximum atomic E-state index is 12.2. The molecule has 0 fully saturated rings. The summed E-state index contributed by atoms with van der Waals surface area (Å²) < 4.78 is 30.3. The summed E-state index contributed by atoms with van der Waals surface area (Å²) in [4.78, 5) is 4.63. The van der Waals surface area contributed by atoms with Crippen molar-refractivity contribution < 1.29 is 8.42 Å². The van der Waals surface area contributed by atoms with Crippen LogP contribution in [0, 0.1) is 6.92 Å². The molecular formula is C14H17N5O2S. The third kappa shape index (κ3) is 2.51. The summed E-state index contributed by atoms with van der Waals surface area (Å²) in [5, 5.41) is 3.88. The van der Waals surface area contributed by atoms with E-state index >= 15 is 0 Å². The molecule has 0 saturated heterocycles. The Bertz CT molecular complexity index is 939. The molecule has 3 rings (SSSR count). The van der Waals surface area contributed by atoms with Gasteiger partial charge in [0.15, 0.2) is 0 Å². The van der Waals surface area contributed by atoms with Crippen molar-refractivity contribution in [1.82, 2.24) is 24.1 Å². The fourth-order valence-electron chi connectivity index (χ4n) is 2.45. The van der Waals surface area contributed by atoms with Crippen LogP contribution < -0.4 is 4.72 Å². The average molecular weight is 319 g/mol. The van der Waals surface area contributed by atoms with Crippen LogP contribution in [0.4, 0.5) is 0 Å². The van der Waals surface area contributed by atoms with Crippen molar-refractivity contribution in [3.63, 3.8) is 0 Å². The molecule has 0 saturated carbocycles. The van der Waals surface area contributed by atoms with Gasteiger partial charge in [0.05, 0.1) is 23.8 Å². The molecule has 3 aromatic rings. The van der Waals surface area contributed by atoms with E-state index in [2.05, 4.69) is 14.8 Å². The predicted molar refractivity (Wildman–Crippen MR) is 82.7 cm³/mol. The standard InChI is InChI=1S/C14H17N5O2S/c1-10-5-4-6-12-14(10)19(3)13(17-12)8-16-22(20,21)11-7-15-18(2)9-11/h4-7,9,16H,8H2,1-3H3. The molecule has 0 bridgehead atoms. The summed E-state index contributed by atoms with van der Waals surface area (Å²) in [5.74, 6) is 0.664. The smallest absolute Gasteiger partial charge is 0.244 e. The third-order valence-corrected chi connectivity index (χ3v) is 4.96. The van der Waals surface area contributed by atoms with E-state index < -0.39 is 10.0 Å². The Labute approximate surface area is 128 Å². The summed E-state index contributed by atoms with van der Waals surface area (Å²) >= 11 is 0. The second-order valence-electron chi connectivity index (χ2n) is 5.20. The fourth-order valence-corrected chi connectivity index (χ4v) is 3.41. The summed E-state index contributed by atoms with van der Waals surface area (Å²) in [6.07, 6.45) is 2.78. The SMILES string of the molecule is Cc1cccc2nc(CNS(=O)(=O)c3cnn(C)c3)n(C)c12. The van der Waals surface area contributed by atoms with Crippen molar-refractivity contribution in [2.45, 2.75) is 18.4 Å². The lowest BCUT2D eigenvalue weighted by molar-refractivity contribution is 0.577. The summed E-state index contributed by atoms with van der Waals surface area (Å²) in [6.45, 7) is 2.13. The van der Waals surface area contributed by atoms with E-state index in [0.29, 0.717) is 5.82 Å². The molecule has 22 heavy (non-hydrogen) atoms. The lowest BCUT2D eigenvalue weighted by atomic mass is 10.2. The van der Waals surface area contributed by atoms with Crippen molar-refractivity contribution in [2.75, 3.05) is 0 Å². The molecule has 116 valence electrons. The van der Waals surface area contributed by atoms with Crippen LogP contribution in [0.2, 0.25) is 0 Å². The Hall–Kier alpha value is -2.19. The number of nitrogens with zero attached hydrogens (tertiary/aromatic N) is 4. The molecule has 0 aliphatic heterocycles. The van der Waals surface area contributed by atoms with Gasteiger partial charge in [-0.05, 0) is 18.6 Å². The van der Waals surface area contributed by atoms with Gasteiger partial charge in [-0.1, -0.05) is 12.1 Å². The van der Waals surface area contributed by atoms with E-state index in [1.165, 1.54) is 17.1 Å². The highest BCUT2D eigenvalue weighted by Crippen LogP contribution is 2.19. The molecule has 0 atom stereocenters. The molecule has 1 aromatic carbocycles. The molecule has 0 aliphatic carbocycles. The molecule has 8 heteroatoms. The molecule has 0 unspecified atom stereocenters. The first-order valence-electron chi connectivity index (χ1n) is 6.78. The lowest BCUT2D eigenvalue weighted by Gasteiger charge is -2.05. The summed E-state index contributed by atoms with van der Waals surface area (Å²) in [7, 11) is -0.0298. The summed E-state index contributed by atoms with van der Waals surface area (Å²) in [6, 6.07) is 5.86. The van der Waals surface area contributed by atoms with Gasteiger partial charge < -0.3 is 4.57 Å². The highest BCUT2D eigenvalue weighted by molar-refractivity contribution is 7.89. The maximum absolute atomic E-state index is 12.2. The Morgan fingerprint density at radius 3 is 2.68 bits per heavy atom. The topological polar surface area (TPSA) is 81.8 Å². The molecule has 1 N–H and O–H groups in total. The number of nitrogens with one attached hydrogen (secondary N) is 1. The number of sulfonamides is 1. The zero-order valence-corrected chi connectivity index (χ0v) is 13.4. The van der Waals surface area contributed by atoms with Gasteiger partial charge in [0.1, 0.15) is 10.7 Å². The second-order valence-corrected chi connectivity index (χ2v) is 6.97. The van der Waals surface area contributed by atoms with Gasteiger partial charge in [-0.15, -0.1) is 0 Å². The maximum Gasteiger partial charge on any atom is 0.244 e. The van der Waals surface area contributed by atoms with Crippen LogP contribution in [0.5, 0.6) is 0 Å². The van der Waals surface area contributed by atoms with Crippen LogP contribution in [0.25, 0.3) is 11.0 Å². The number of rotatable bonds is 4. The molecule has 0 amide bonds. The number of fused-ring (bicyclic) bond motifs is 1. The van der Waals surface area contributed by atoms with Gasteiger partial charge in [0.2, 0.25) is 10.0 Å². The number of imidazole rings is 1. The number of aryl methyl sites for hydroxylation is 3. The minimum absolute atomic E-state index is 0.127. The molecule has 7 nitrogen and oxygen atoms in total. The van der Waals surface area contributed by atoms with Crippen LogP contribution in [-0.4, -0.2) is 27.7 Å².